The first-order valence-corrected chi connectivity index (χ1v) is 6.37. The normalized spacial score (nSPS) is 14.8. The van der Waals surface area contributed by atoms with Crippen LogP contribution in [0.3, 0.4) is 0 Å². The number of hydrogen-bond acceptors (Lipinski definition) is 2. The Hall–Kier alpha value is -0.870. The van der Waals surface area contributed by atoms with Crippen molar-refractivity contribution in [2.75, 3.05) is 24.4 Å². The molecule has 1 aliphatic rings. The Bertz CT molecular complexity index is 419. The van der Waals surface area contributed by atoms with Crippen molar-refractivity contribution in [1.29, 1.82) is 0 Å². The minimum atomic E-state index is 0.181. The molecule has 0 fully saturated rings. The fraction of sp³-hybridized carbons (Fsp3) is 0.417. The van der Waals surface area contributed by atoms with Gasteiger partial charge in [0.2, 0.25) is 5.91 Å². The van der Waals surface area contributed by atoms with Gasteiger partial charge in [0, 0.05) is 19.3 Å². The number of rotatable bonds is 3. The summed E-state index contributed by atoms with van der Waals surface area (Å²) in [5, 5.41) is 0. The van der Waals surface area contributed by atoms with Crippen LogP contribution in [0.25, 0.3) is 0 Å². The zero-order valence-electron chi connectivity index (χ0n) is 9.53. The van der Waals surface area contributed by atoms with Gasteiger partial charge in [-0.25, -0.2) is 0 Å². The fourth-order valence-corrected chi connectivity index (χ4v) is 2.15. The molecule has 0 spiro atoms. The molecule has 86 valence electrons. The van der Waals surface area contributed by atoms with E-state index < -0.39 is 0 Å². The lowest BCUT2D eigenvalue weighted by molar-refractivity contribution is -0.117. The molecule has 4 heteroatoms. The summed E-state index contributed by atoms with van der Waals surface area (Å²) in [7, 11) is 3.89. The highest BCUT2D eigenvalue weighted by molar-refractivity contribution is 9.09. The van der Waals surface area contributed by atoms with E-state index in [1.54, 1.807) is 4.90 Å². The van der Waals surface area contributed by atoms with Crippen LogP contribution >= 0.6 is 15.9 Å². The molecule has 2 rings (SSSR count). The van der Waals surface area contributed by atoms with Crippen molar-refractivity contribution in [3.05, 3.63) is 29.3 Å². The van der Waals surface area contributed by atoms with Crippen molar-refractivity contribution < 1.29 is 4.79 Å². The second-order valence-corrected chi connectivity index (χ2v) is 4.73. The lowest BCUT2D eigenvalue weighted by Gasteiger charge is -2.14. The maximum Gasteiger partial charge on any atom is 0.231 e. The molecule has 1 aliphatic heterocycles. The summed E-state index contributed by atoms with van der Waals surface area (Å²) < 4.78 is 0. The maximum atomic E-state index is 11.5. The maximum absolute atomic E-state index is 11.5. The van der Waals surface area contributed by atoms with Crippen LogP contribution < -0.4 is 4.90 Å². The van der Waals surface area contributed by atoms with Crippen LogP contribution in [0.5, 0.6) is 0 Å². The third-order valence-corrected chi connectivity index (χ3v) is 3.73. The summed E-state index contributed by atoms with van der Waals surface area (Å²) in [6.07, 6.45) is 0.539. The van der Waals surface area contributed by atoms with Crippen LogP contribution in [0, 0.1) is 0 Å². The zero-order valence-corrected chi connectivity index (χ0v) is 11.1. The quantitative estimate of drug-likeness (QED) is 0.625. The van der Waals surface area contributed by atoms with Crippen LogP contribution in [0.4, 0.5) is 5.69 Å². The predicted molar refractivity (Wildman–Crippen MR) is 68.8 cm³/mol. The summed E-state index contributed by atoms with van der Waals surface area (Å²) >= 11 is 3.42. The molecule has 16 heavy (non-hydrogen) atoms. The largest absolute Gasteiger partial charge is 0.315 e. The molecule has 1 aromatic carbocycles. The van der Waals surface area contributed by atoms with Gasteiger partial charge in [0.25, 0.3) is 0 Å². The van der Waals surface area contributed by atoms with Crippen molar-refractivity contribution in [1.82, 2.24) is 4.90 Å². The number of carbonyl (C=O) groups is 1. The highest BCUT2D eigenvalue weighted by atomic mass is 79.9. The van der Waals surface area contributed by atoms with Gasteiger partial charge in [-0.2, -0.15) is 0 Å². The molecule has 0 saturated carbocycles. The fourth-order valence-electron chi connectivity index (χ4n) is 1.98. The summed E-state index contributed by atoms with van der Waals surface area (Å²) in [5.74, 6) is 0.181. The molecule has 0 bridgehead atoms. The molecule has 0 atom stereocenters. The van der Waals surface area contributed by atoms with E-state index in [1.807, 2.05) is 13.1 Å². The van der Waals surface area contributed by atoms with E-state index in [9.17, 15) is 4.79 Å². The van der Waals surface area contributed by atoms with Gasteiger partial charge in [-0.15, -0.1) is 0 Å². The van der Waals surface area contributed by atoms with E-state index in [2.05, 4.69) is 40.0 Å². The SMILES string of the molecule is CN(CBr)Cc1ccc2c(c1)CC(=O)N2C. The highest BCUT2D eigenvalue weighted by Crippen LogP contribution is 2.28. The van der Waals surface area contributed by atoms with E-state index in [1.165, 1.54) is 5.56 Å². The molecule has 0 aromatic heterocycles. The Morgan fingerprint density at radius 3 is 2.94 bits per heavy atom. The minimum Gasteiger partial charge on any atom is -0.315 e. The topological polar surface area (TPSA) is 23.6 Å². The third-order valence-electron chi connectivity index (χ3n) is 2.88. The number of amides is 1. The number of halogens is 1. The van der Waals surface area contributed by atoms with Gasteiger partial charge in [-0.1, -0.05) is 28.1 Å². The first kappa shape index (κ1) is 11.6. The number of likely N-dealkylation sites (N-methyl/N-ethyl adjacent to an activating group) is 1. The molecule has 0 radical (unpaired) electrons. The smallest absolute Gasteiger partial charge is 0.231 e. The molecule has 1 amide bonds. The number of nitrogens with zero attached hydrogens (tertiary/aromatic N) is 2. The Morgan fingerprint density at radius 2 is 2.25 bits per heavy atom. The first-order valence-electron chi connectivity index (χ1n) is 5.24. The van der Waals surface area contributed by atoms with Crippen LogP contribution in [-0.2, 0) is 17.8 Å². The number of benzene rings is 1. The molecule has 1 aromatic rings. The van der Waals surface area contributed by atoms with E-state index in [0.29, 0.717) is 6.42 Å². The van der Waals surface area contributed by atoms with Gasteiger partial charge in [-0.3, -0.25) is 9.69 Å². The monoisotopic (exact) mass is 282 g/mol. The van der Waals surface area contributed by atoms with Crippen molar-refractivity contribution >= 4 is 27.5 Å². The Balaban J connectivity index is 2.22. The number of alkyl halides is 1. The molecule has 0 aliphatic carbocycles. The molecule has 3 nitrogen and oxygen atoms in total. The van der Waals surface area contributed by atoms with Gasteiger partial charge in [0.15, 0.2) is 0 Å². The summed E-state index contributed by atoms with van der Waals surface area (Å²) in [5.41, 5.74) is 4.30. The van der Waals surface area contributed by atoms with Crippen LogP contribution in [0.2, 0.25) is 0 Å². The minimum absolute atomic E-state index is 0.181. The number of carbonyl (C=O) groups excluding carboxylic acids is 1. The number of anilines is 1. The Kier molecular flexibility index (Phi) is 3.30. The van der Waals surface area contributed by atoms with Crippen LogP contribution in [0.1, 0.15) is 11.1 Å². The van der Waals surface area contributed by atoms with Gasteiger partial charge in [0.05, 0.1) is 11.9 Å². The van der Waals surface area contributed by atoms with Crippen molar-refractivity contribution in [2.24, 2.45) is 0 Å². The Labute approximate surface area is 104 Å². The Morgan fingerprint density at radius 1 is 1.50 bits per heavy atom. The van der Waals surface area contributed by atoms with Crippen LogP contribution in [-0.4, -0.2) is 30.4 Å². The first-order chi connectivity index (χ1) is 7.61. The average molecular weight is 283 g/mol. The summed E-state index contributed by atoms with van der Waals surface area (Å²) in [4.78, 5) is 15.4. The van der Waals surface area contributed by atoms with Gasteiger partial charge < -0.3 is 4.90 Å². The summed E-state index contributed by atoms with van der Waals surface area (Å²) in [6, 6.07) is 6.26. The van der Waals surface area contributed by atoms with Crippen LogP contribution in [0.15, 0.2) is 18.2 Å². The number of hydrogen-bond donors (Lipinski definition) is 0. The predicted octanol–water partition coefficient (Wildman–Crippen LogP) is 1.99. The summed E-state index contributed by atoms with van der Waals surface area (Å²) in [6.45, 7) is 0.899. The lowest BCUT2D eigenvalue weighted by atomic mass is 10.1. The second-order valence-electron chi connectivity index (χ2n) is 4.23. The lowest BCUT2D eigenvalue weighted by Crippen LogP contribution is -2.20. The third kappa shape index (κ3) is 2.13. The van der Waals surface area contributed by atoms with E-state index in [-0.39, 0.29) is 5.91 Å². The zero-order chi connectivity index (χ0) is 11.7. The van der Waals surface area contributed by atoms with Crippen molar-refractivity contribution in [3.63, 3.8) is 0 Å². The van der Waals surface area contributed by atoms with Gasteiger partial charge in [0.1, 0.15) is 0 Å². The molecule has 0 unspecified atom stereocenters. The average Bonchev–Trinajstić information content (AvgIpc) is 2.54. The number of fused-ring (bicyclic) bond motifs is 1. The molecular weight excluding hydrogens is 268 g/mol. The van der Waals surface area contributed by atoms with E-state index >= 15 is 0 Å². The second kappa shape index (κ2) is 4.55. The van der Waals surface area contributed by atoms with Crippen molar-refractivity contribution in [2.45, 2.75) is 13.0 Å². The highest BCUT2D eigenvalue weighted by Gasteiger charge is 2.23. The molecular formula is C12H15BrN2O. The van der Waals surface area contributed by atoms with E-state index in [4.69, 9.17) is 0 Å². The standard InChI is InChI=1S/C12H15BrN2O/c1-14(8-13)7-9-3-4-11-10(5-9)6-12(16)15(11)2/h3-5H,6-8H2,1-2H3. The molecule has 1 heterocycles. The van der Waals surface area contributed by atoms with E-state index in [0.717, 1.165) is 23.2 Å². The molecule has 0 saturated heterocycles. The van der Waals surface area contributed by atoms with Crippen molar-refractivity contribution in [3.8, 4) is 0 Å². The van der Waals surface area contributed by atoms with Gasteiger partial charge >= 0.3 is 0 Å². The van der Waals surface area contributed by atoms with Gasteiger partial charge in [-0.05, 0) is 24.2 Å². The molecule has 0 N–H and O–H groups in total.